The summed E-state index contributed by atoms with van der Waals surface area (Å²) in [7, 11) is -4.33. The summed E-state index contributed by atoms with van der Waals surface area (Å²) >= 11 is 0. The first-order valence-corrected chi connectivity index (χ1v) is 15.5. The van der Waals surface area contributed by atoms with Gasteiger partial charge in [0.25, 0.3) is 15.9 Å². The van der Waals surface area contributed by atoms with Gasteiger partial charge in [0.05, 0.1) is 17.9 Å². The standard InChI is InChI=1S/C32H34FN5O4S/c1-20(2)19-42-26-16-23(15-25(33)17-26)28-13-12-27(32(39)37-43(40,41)30-11-7-10-29(34)36-30)31(35-28)38-18-24(14-21(38)3)22-8-5-4-6-9-22/h4-13,15-17,20-21,24H,14,18-19H2,1-3H3,(H2,34,36)(H,37,39). The maximum Gasteiger partial charge on any atom is 0.281 e. The summed E-state index contributed by atoms with van der Waals surface area (Å²) in [5.74, 6) is -0.259. The number of carbonyl (C=O) groups is 1. The normalized spacial score (nSPS) is 16.8. The van der Waals surface area contributed by atoms with Gasteiger partial charge in [-0.15, -0.1) is 0 Å². The molecular formula is C32H34FN5O4S. The molecule has 0 saturated carbocycles. The Bertz CT molecular complexity index is 1730. The Morgan fingerprint density at radius 3 is 2.56 bits per heavy atom. The van der Waals surface area contributed by atoms with Crippen molar-refractivity contribution in [1.82, 2.24) is 14.7 Å². The Hall–Kier alpha value is -4.51. The van der Waals surface area contributed by atoms with Crippen molar-refractivity contribution in [2.45, 2.75) is 44.2 Å². The van der Waals surface area contributed by atoms with Crippen molar-refractivity contribution >= 4 is 27.6 Å². The Labute approximate surface area is 251 Å². The van der Waals surface area contributed by atoms with Crippen LogP contribution < -0.4 is 20.1 Å². The minimum atomic E-state index is -4.33. The average Bonchev–Trinajstić information content (AvgIpc) is 3.37. The fourth-order valence-corrected chi connectivity index (χ4v) is 6.11. The minimum absolute atomic E-state index is 0.00622. The molecule has 5 rings (SSSR count). The number of nitrogens with two attached hydrogens (primary N) is 1. The zero-order valence-electron chi connectivity index (χ0n) is 24.2. The molecule has 1 saturated heterocycles. The molecule has 1 amide bonds. The maximum atomic E-state index is 14.7. The smallest absolute Gasteiger partial charge is 0.281 e. The molecule has 224 valence electrons. The number of carbonyl (C=O) groups excluding carboxylic acids is 1. The average molecular weight is 604 g/mol. The number of nitrogens with zero attached hydrogens (tertiary/aromatic N) is 3. The first-order valence-electron chi connectivity index (χ1n) is 14.1. The third-order valence-corrected chi connectivity index (χ3v) is 8.47. The van der Waals surface area contributed by atoms with E-state index in [4.69, 9.17) is 15.5 Å². The van der Waals surface area contributed by atoms with Crippen LogP contribution in [0, 0.1) is 11.7 Å². The molecule has 1 aliphatic rings. The van der Waals surface area contributed by atoms with Gasteiger partial charge in [-0.3, -0.25) is 4.79 Å². The molecule has 1 aliphatic heterocycles. The molecule has 0 radical (unpaired) electrons. The SMILES string of the molecule is CC(C)COc1cc(F)cc(-c2ccc(C(=O)NS(=O)(=O)c3cccc(N)n3)c(N3CC(c4ccccc4)CC3C)n2)c1. The van der Waals surface area contributed by atoms with Crippen molar-refractivity contribution in [3.63, 3.8) is 0 Å². The number of anilines is 2. The molecule has 0 bridgehead atoms. The Balaban J connectivity index is 1.54. The van der Waals surface area contributed by atoms with E-state index in [-0.39, 0.29) is 34.3 Å². The number of rotatable bonds is 9. The van der Waals surface area contributed by atoms with E-state index >= 15 is 0 Å². The van der Waals surface area contributed by atoms with Gasteiger partial charge in [0.15, 0.2) is 5.03 Å². The van der Waals surface area contributed by atoms with Gasteiger partial charge in [-0.05, 0) is 61.2 Å². The summed E-state index contributed by atoms with van der Waals surface area (Å²) in [5.41, 5.74) is 7.77. The van der Waals surface area contributed by atoms with Gasteiger partial charge in [-0.1, -0.05) is 50.2 Å². The van der Waals surface area contributed by atoms with E-state index in [1.54, 1.807) is 12.1 Å². The molecule has 4 aromatic rings. The van der Waals surface area contributed by atoms with E-state index in [9.17, 15) is 17.6 Å². The number of benzene rings is 2. The topological polar surface area (TPSA) is 128 Å². The molecule has 0 aliphatic carbocycles. The van der Waals surface area contributed by atoms with Crippen LogP contribution >= 0.6 is 0 Å². The van der Waals surface area contributed by atoms with Crippen LogP contribution in [0.3, 0.4) is 0 Å². The van der Waals surface area contributed by atoms with Crippen LogP contribution in [0.15, 0.2) is 83.9 Å². The number of nitrogen functional groups attached to an aromatic ring is 1. The summed E-state index contributed by atoms with van der Waals surface area (Å²) in [6, 6.07) is 21.6. The largest absolute Gasteiger partial charge is 0.493 e. The van der Waals surface area contributed by atoms with Crippen molar-refractivity contribution in [2.24, 2.45) is 5.92 Å². The Kier molecular flexibility index (Phi) is 8.63. The van der Waals surface area contributed by atoms with Crippen molar-refractivity contribution in [2.75, 3.05) is 23.8 Å². The van der Waals surface area contributed by atoms with E-state index < -0.39 is 21.7 Å². The van der Waals surface area contributed by atoms with Gasteiger partial charge < -0.3 is 15.4 Å². The molecule has 3 heterocycles. The van der Waals surface area contributed by atoms with Crippen molar-refractivity contribution in [3.8, 4) is 17.0 Å². The highest BCUT2D eigenvalue weighted by Gasteiger charge is 2.34. The van der Waals surface area contributed by atoms with E-state index in [0.717, 1.165) is 12.0 Å². The highest BCUT2D eigenvalue weighted by atomic mass is 32.2. The van der Waals surface area contributed by atoms with Gasteiger partial charge >= 0.3 is 0 Å². The predicted octanol–water partition coefficient (Wildman–Crippen LogP) is 5.40. The molecule has 11 heteroatoms. The lowest BCUT2D eigenvalue weighted by atomic mass is 9.97. The zero-order chi connectivity index (χ0) is 30.7. The van der Waals surface area contributed by atoms with Crippen LogP contribution in [0.4, 0.5) is 16.0 Å². The van der Waals surface area contributed by atoms with Crippen molar-refractivity contribution in [1.29, 1.82) is 0 Å². The highest BCUT2D eigenvalue weighted by Crippen LogP contribution is 2.37. The second kappa shape index (κ2) is 12.4. The van der Waals surface area contributed by atoms with E-state index in [2.05, 4.69) is 21.8 Å². The molecule has 2 atom stereocenters. The molecule has 9 nitrogen and oxygen atoms in total. The van der Waals surface area contributed by atoms with Crippen molar-refractivity contribution in [3.05, 3.63) is 95.8 Å². The third-order valence-electron chi connectivity index (χ3n) is 7.24. The summed E-state index contributed by atoms with van der Waals surface area (Å²) in [4.78, 5) is 24.2. The fourth-order valence-electron chi connectivity index (χ4n) is 5.16. The number of amides is 1. The lowest BCUT2D eigenvalue weighted by Gasteiger charge is -2.25. The molecule has 2 aromatic carbocycles. The number of aromatic nitrogens is 2. The molecule has 1 fully saturated rings. The van der Waals surface area contributed by atoms with Gasteiger partial charge in [0, 0.05) is 30.1 Å². The highest BCUT2D eigenvalue weighted by molar-refractivity contribution is 7.90. The third kappa shape index (κ3) is 6.94. The quantitative estimate of drug-likeness (QED) is 0.260. The molecular weight excluding hydrogens is 569 g/mol. The predicted molar refractivity (Wildman–Crippen MR) is 164 cm³/mol. The lowest BCUT2D eigenvalue weighted by Crippen LogP contribution is -2.35. The Morgan fingerprint density at radius 2 is 1.84 bits per heavy atom. The van der Waals surface area contributed by atoms with Crippen LogP contribution in [0.1, 0.15) is 49.0 Å². The van der Waals surface area contributed by atoms with Gasteiger partial charge in [-0.25, -0.2) is 19.1 Å². The number of hydrogen-bond donors (Lipinski definition) is 2. The number of ether oxygens (including phenoxy) is 1. The number of halogens is 1. The second-order valence-corrected chi connectivity index (χ2v) is 12.8. The first-order chi connectivity index (χ1) is 20.5. The van der Waals surface area contributed by atoms with E-state index in [1.165, 1.54) is 36.4 Å². The number of hydrogen-bond acceptors (Lipinski definition) is 8. The van der Waals surface area contributed by atoms with E-state index in [1.807, 2.05) is 43.9 Å². The first kappa shape index (κ1) is 30.0. The summed E-state index contributed by atoms with van der Waals surface area (Å²) in [5, 5.41) is -0.376. The van der Waals surface area contributed by atoms with E-state index in [0.29, 0.717) is 36.0 Å². The molecule has 2 aromatic heterocycles. The van der Waals surface area contributed by atoms with Crippen molar-refractivity contribution < 1.29 is 22.3 Å². The number of sulfonamides is 1. The van der Waals surface area contributed by atoms with Gasteiger partial charge in [0.2, 0.25) is 0 Å². The number of pyridine rings is 2. The van der Waals surface area contributed by atoms with Crippen LogP contribution in [0.2, 0.25) is 0 Å². The van der Waals surface area contributed by atoms with Gasteiger partial charge in [0.1, 0.15) is 23.2 Å². The maximum absolute atomic E-state index is 14.7. The molecule has 2 unspecified atom stereocenters. The second-order valence-electron chi connectivity index (χ2n) is 11.1. The van der Waals surface area contributed by atoms with Crippen LogP contribution in [-0.4, -0.2) is 43.5 Å². The summed E-state index contributed by atoms with van der Waals surface area (Å²) in [6.45, 7) is 7.01. The number of nitrogens with one attached hydrogen (secondary N) is 1. The van der Waals surface area contributed by atoms with Crippen LogP contribution in [0.5, 0.6) is 5.75 Å². The Morgan fingerprint density at radius 1 is 1.07 bits per heavy atom. The summed E-state index contributed by atoms with van der Waals surface area (Å²) < 4.78 is 48.6. The monoisotopic (exact) mass is 603 g/mol. The fraction of sp³-hybridized carbons (Fsp3) is 0.281. The molecule has 0 spiro atoms. The summed E-state index contributed by atoms with van der Waals surface area (Å²) in [6.07, 6.45) is 0.801. The molecule has 43 heavy (non-hydrogen) atoms. The van der Waals surface area contributed by atoms with Crippen LogP contribution in [-0.2, 0) is 10.0 Å². The van der Waals surface area contributed by atoms with Gasteiger partial charge in [-0.2, -0.15) is 8.42 Å². The molecule has 3 N–H and O–H groups in total. The zero-order valence-corrected chi connectivity index (χ0v) is 25.0. The minimum Gasteiger partial charge on any atom is -0.493 e. The lowest BCUT2D eigenvalue weighted by molar-refractivity contribution is 0.0981. The van der Waals surface area contributed by atoms with Crippen LogP contribution in [0.25, 0.3) is 11.3 Å².